The van der Waals surface area contributed by atoms with Crippen LogP contribution in [0.15, 0.2) is 27.4 Å². The van der Waals surface area contributed by atoms with E-state index in [-0.39, 0.29) is 11.4 Å². The molecule has 5 nitrogen and oxygen atoms in total. The second kappa shape index (κ2) is 3.59. The summed E-state index contributed by atoms with van der Waals surface area (Å²) in [7, 11) is 0. The molecule has 0 amide bonds. The molecule has 2 rings (SSSR count). The van der Waals surface area contributed by atoms with Crippen LogP contribution in [0.1, 0.15) is 11.3 Å². The molecule has 0 bridgehead atoms. The standard InChI is InChI=1S/C11H9N3O2/c1-6-2-3-9(16-6)7-4-10(13)14-11(15)8(7)5-12/h2-4H,1H3,(H3,13,14,15). The summed E-state index contributed by atoms with van der Waals surface area (Å²) >= 11 is 0. The van der Waals surface area contributed by atoms with Gasteiger partial charge in [0.2, 0.25) is 0 Å². The van der Waals surface area contributed by atoms with Gasteiger partial charge in [-0.05, 0) is 25.1 Å². The zero-order valence-electron chi connectivity index (χ0n) is 8.57. The number of aromatic nitrogens is 1. The summed E-state index contributed by atoms with van der Waals surface area (Å²) in [4.78, 5) is 13.8. The maximum atomic E-state index is 11.5. The largest absolute Gasteiger partial charge is 0.461 e. The molecule has 3 N–H and O–H groups in total. The number of nitrogens with two attached hydrogens (primary N) is 1. The van der Waals surface area contributed by atoms with Crippen molar-refractivity contribution in [1.29, 1.82) is 5.26 Å². The van der Waals surface area contributed by atoms with Crippen molar-refractivity contribution in [1.82, 2.24) is 4.98 Å². The van der Waals surface area contributed by atoms with Gasteiger partial charge in [-0.15, -0.1) is 0 Å². The van der Waals surface area contributed by atoms with Crippen LogP contribution in [0.4, 0.5) is 5.82 Å². The van der Waals surface area contributed by atoms with Crippen molar-refractivity contribution < 1.29 is 4.42 Å². The van der Waals surface area contributed by atoms with Crippen LogP contribution >= 0.6 is 0 Å². The Balaban J connectivity index is 2.74. The van der Waals surface area contributed by atoms with Crippen LogP contribution in [0.5, 0.6) is 0 Å². The van der Waals surface area contributed by atoms with Gasteiger partial charge >= 0.3 is 0 Å². The molecule has 0 spiro atoms. The summed E-state index contributed by atoms with van der Waals surface area (Å²) in [6, 6.07) is 6.81. The third-order valence-electron chi connectivity index (χ3n) is 2.17. The lowest BCUT2D eigenvalue weighted by Crippen LogP contribution is -2.13. The minimum Gasteiger partial charge on any atom is -0.461 e. The van der Waals surface area contributed by atoms with Gasteiger partial charge < -0.3 is 15.1 Å². The molecule has 16 heavy (non-hydrogen) atoms. The van der Waals surface area contributed by atoms with Crippen molar-refractivity contribution in [3.05, 3.63) is 39.9 Å². The average Bonchev–Trinajstić information content (AvgIpc) is 2.63. The molecular formula is C11H9N3O2. The number of rotatable bonds is 1. The summed E-state index contributed by atoms with van der Waals surface area (Å²) in [6.45, 7) is 1.78. The maximum Gasteiger partial charge on any atom is 0.268 e. The Labute approximate surface area is 91.1 Å². The molecule has 0 radical (unpaired) electrons. The fraction of sp³-hybridized carbons (Fsp3) is 0.0909. The van der Waals surface area contributed by atoms with Crippen molar-refractivity contribution in [2.24, 2.45) is 0 Å². The van der Waals surface area contributed by atoms with Crippen LogP contribution in [-0.4, -0.2) is 4.98 Å². The third-order valence-corrected chi connectivity index (χ3v) is 2.17. The Hall–Kier alpha value is -2.48. The van der Waals surface area contributed by atoms with E-state index in [1.165, 1.54) is 6.07 Å². The number of nitrogen functional groups attached to an aromatic ring is 1. The zero-order valence-corrected chi connectivity index (χ0v) is 8.57. The quantitative estimate of drug-likeness (QED) is 0.751. The Morgan fingerprint density at radius 3 is 2.81 bits per heavy atom. The van der Waals surface area contributed by atoms with Crippen molar-refractivity contribution in [2.75, 3.05) is 5.73 Å². The van der Waals surface area contributed by atoms with Crippen molar-refractivity contribution in [3.8, 4) is 17.4 Å². The molecule has 0 saturated heterocycles. The van der Waals surface area contributed by atoms with E-state index in [4.69, 9.17) is 15.4 Å². The van der Waals surface area contributed by atoms with Crippen LogP contribution in [0.3, 0.4) is 0 Å². The molecule has 2 aromatic rings. The Bertz CT molecular complexity index is 631. The summed E-state index contributed by atoms with van der Waals surface area (Å²) < 4.78 is 5.36. The van der Waals surface area contributed by atoms with E-state index >= 15 is 0 Å². The summed E-state index contributed by atoms with van der Waals surface area (Å²) in [5, 5.41) is 8.91. The molecule has 2 aromatic heterocycles. The number of hydrogen-bond acceptors (Lipinski definition) is 4. The van der Waals surface area contributed by atoms with Crippen LogP contribution in [0, 0.1) is 18.3 Å². The highest BCUT2D eigenvalue weighted by atomic mass is 16.3. The number of pyridine rings is 1. The summed E-state index contributed by atoms with van der Waals surface area (Å²) in [5.41, 5.74) is 5.43. The fourth-order valence-corrected chi connectivity index (χ4v) is 1.46. The molecule has 0 fully saturated rings. The number of aromatic amines is 1. The number of anilines is 1. The lowest BCUT2D eigenvalue weighted by molar-refractivity contribution is 0.548. The summed E-state index contributed by atoms with van der Waals surface area (Å²) in [5.74, 6) is 1.37. The lowest BCUT2D eigenvalue weighted by Gasteiger charge is -2.01. The number of nitrogens with zero attached hydrogens (tertiary/aromatic N) is 1. The summed E-state index contributed by atoms with van der Waals surface area (Å²) in [6.07, 6.45) is 0. The highest BCUT2D eigenvalue weighted by Crippen LogP contribution is 2.24. The third kappa shape index (κ3) is 1.57. The topological polar surface area (TPSA) is 95.8 Å². The second-order valence-corrected chi connectivity index (χ2v) is 3.36. The molecule has 0 atom stereocenters. The van der Waals surface area contributed by atoms with Gasteiger partial charge in [0.15, 0.2) is 0 Å². The van der Waals surface area contributed by atoms with Gasteiger partial charge in [0.25, 0.3) is 5.56 Å². The first-order chi connectivity index (χ1) is 7.61. The normalized spacial score (nSPS) is 10.0. The molecule has 0 aliphatic heterocycles. The van der Waals surface area contributed by atoms with E-state index in [0.717, 1.165) is 0 Å². The van der Waals surface area contributed by atoms with E-state index in [1.807, 2.05) is 6.07 Å². The monoisotopic (exact) mass is 215 g/mol. The van der Waals surface area contributed by atoms with Gasteiger partial charge in [-0.1, -0.05) is 0 Å². The first kappa shape index (κ1) is 10.1. The minimum atomic E-state index is -0.508. The molecule has 0 aliphatic carbocycles. The lowest BCUT2D eigenvalue weighted by atomic mass is 10.1. The molecular weight excluding hydrogens is 206 g/mol. The maximum absolute atomic E-state index is 11.5. The van der Waals surface area contributed by atoms with Crippen LogP contribution in [-0.2, 0) is 0 Å². The first-order valence-electron chi connectivity index (χ1n) is 4.61. The van der Waals surface area contributed by atoms with Crippen LogP contribution in [0.25, 0.3) is 11.3 Å². The molecule has 0 aliphatic rings. The fourth-order valence-electron chi connectivity index (χ4n) is 1.46. The van der Waals surface area contributed by atoms with E-state index in [9.17, 15) is 4.79 Å². The molecule has 0 unspecified atom stereocenters. The highest BCUT2D eigenvalue weighted by molar-refractivity contribution is 5.68. The van der Waals surface area contributed by atoms with Crippen molar-refractivity contribution >= 4 is 5.82 Å². The molecule has 0 aromatic carbocycles. The zero-order chi connectivity index (χ0) is 11.7. The number of nitrogens with one attached hydrogen (secondary N) is 1. The van der Waals surface area contributed by atoms with E-state index < -0.39 is 5.56 Å². The predicted octanol–water partition coefficient (Wildman–Crippen LogP) is 1.40. The number of aryl methyl sites for hydroxylation is 1. The van der Waals surface area contributed by atoms with E-state index in [2.05, 4.69) is 4.98 Å². The van der Waals surface area contributed by atoms with Gasteiger partial charge in [0.05, 0.1) is 0 Å². The van der Waals surface area contributed by atoms with Crippen LogP contribution < -0.4 is 11.3 Å². The number of furan rings is 1. The highest BCUT2D eigenvalue weighted by Gasteiger charge is 2.12. The second-order valence-electron chi connectivity index (χ2n) is 3.36. The number of H-pyrrole nitrogens is 1. The minimum absolute atomic E-state index is 0.00329. The number of nitriles is 1. The Morgan fingerprint density at radius 1 is 1.50 bits per heavy atom. The predicted molar refractivity (Wildman–Crippen MR) is 58.6 cm³/mol. The molecule has 5 heteroatoms. The SMILES string of the molecule is Cc1ccc(-c2cc(N)[nH]c(=O)c2C#N)o1. The van der Waals surface area contributed by atoms with Gasteiger partial charge in [0, 0.05) is 5.56 Å². The molecule has 0 saturated carbocycles. The first-order valence-corrected chi connectivity index (χ1v) is 4.61. The molecule has 80 valence electrons. The van der Waals surface area contributed by atoms with Crippen molar-refractivity contribution in [2.45, 2.75) is 6.92 Å². The molecule has 2 heterocycles. The smallest absolute Gasteiger partial charge is 0.268 e. The van der Waals surface area contributed by atoms with Gasteiger partial charge in [-0.25, -0.2) is 0 Å². The van der Waals surface area contributed by atoms with Crippen molar-refractivity contribution in [3.63, 3.8) is 0 Å². The Kier molecular flexibility index (Phi) is 2.25. The van der Waals surface area contributed by atoms with Gasteiger partial charge in [-0.2, -0.15) is 5.26 Å². The van der Waals surface area contributed by atoms with Crippen LogP contribution in [0.2, 0.25) is 0 Å². The van der Waals surface area contributed by atoms with Gasteiger partial charge in [0.1, 0.15) is 29.0 Å². The van der Waals surface area contributed by atoms with E-state index in [1.54, 1.807) is 19.1 Å². The van der Waals surface area contributed by atoms with Gasteiger partial charge in [-0.3, -0.25) is 4.79 Å². The average molecular weight is 215 g/mol. The Morgan fingerprint density at radius 2 is 2.25 bits per heavy atom. The van der Waals surface area contributed by atoms with E-state index in [0.29, 0.717) is 17.1 Å². The number of hydrogen-bond donors (Lipinski definition) is 2.